The fourth-order valence-electron chi connectivity index (χ4n) is 2.21. The summed E-state index contributed by atoms with van der Waals surface area (Å²) >= 11 is 0. The maximum absolute atomic E-state index is 12.1. The zero-order chi connectivity index (χ0) is 17.0. The van der Waals surface area contributed by atoms with E-state index in [1.54, 1.807) is 6.07 Å². The Kier molecular flexibility index (Phi) is 5.05. The lowest BCUT2D eigenvalue weighted by Crippen LogP contribution is -2.28. The van der Waals surface area contributed by atoms with Gasteiger partial charge in [0.05, 0.1) is 6.61 Å². The molecule has 6 nitrogen and oxygen atoms in total. The van der Waals surface area contributed by atoms with Crippen molar-refractivity contribution in [2.24, 2.45) is 0 Å². The Labute approximate surface area is 134 Å². The number of aromatic nitrogens is 1. The van der Waals surface area contributed by atoms with E-state index < -0.39 is 5.97 Å². The summed E-state index contributed by atoms with van der Waals surface area (Å²) < 4.78 is 4.87. The molecule has 0 atom stereocenters. The molecular formula is C17H22N2O4. The van der Waals surface area contributed by atoms with Crippen LogP contribution in [0.1, 0.15) is 36.8 Å². The molecule has 0 spiro atoms. The third-order valence-electron chi connectivity index (χ3n) is 3.49. The number of fused-ring (bicyclic) bond motifs is 1. The Hall–Kier alpha value is -2.34. The summed E-state index contributed by atoms with van der Waals surface area (Å²) in [4.78, 5) is 25.5. The van der Waals surface area contributed by atoms with Crippen LogP contribution < -0.4 is 5.32 Å². The molecule has 0 bridgehead atoms. The van der Waals surface area contributed by atoms with E-state index in [4.69, 9.17) is 9.84 Å². The molecule has 0 aliphatic rings. The number of rotatable bonds is 6. The van der Waals surface area contributed by atoms with Crippen LogP contribution in [-0.2, 0) is 14.9 Å². The third-order valence-corrected chi connectivity index (χ3v) is 3.49. The monoisotopic (exact) mass is 318 g/mol. The second-order valence-corrected chi connectivity index (χ2v) is 6.44. The molecule has 0 aliphatic heterocycles. The number of hydrogen-bond acceptors (Lipinski definition) is 3. The van der Waals surface area contributed by atoms with E-state index in [-0.39, 0.29) is 31.1 Å². The van der Waals surface area contributed by atoms with Crippen LogP contribution in [0.5, 0.6) is 0 Å². The van der Waals surface area contributed by atoms with Gasteiger partial charge in [-0.05, 0) is 23.1 Å². The van der Waals surface area contributed by atoms with Crippen LogP contribution in [0.3, 0.4) is 0 Å². The molecule has 124 valence electrons. The summed E-state index contributed by atoms with van der Waals surface area (Å²) in [5, 5.41) is 12.1. The number of nitrogens with one attached hydrogen (secondary N) is 2. The fraction of sp³-hybridized carbons (Fsp3) is 0.412. The maximum Gasteiger partial charge on any atom is 0.329 e. The van der Waals surface area contributed by atoms with Crippen molar-refractivity contribution in [1.82, 2.24) is 10.3 Å². The maximum atomic E-state index is 12.1. The first-order valence-corrected chi connectivity index (χ1v) is 7.48. The third kappa shape index (κ3) is 4.56. The Morgan fingerprint density at radius 3 is 2.65 bits per heavy atom. The van der Waals surface area contributed by atoms with Gasteiger partial charge in [-0.2, -0.15) is 0 Å². The fourth-order valence-corrected chi connectivity index (χ4v) is 2.21. The number of carbonyl (C=O) groups excluding carboxylic acids is 1. The number of carbonyl (C=O) groups is 2. The Morgan fingerprint density at radius 1 is 1.26 bits per heavy atom. The molecule has 0 aliphatic carbocycles. The first kappa shape index (κ1) is 17.0. The van der Waals surface area contributed by atoms with Crippen molar-refractivity contribution in [3.8, 4) is 0 Å². The van der Waals surface area contributed by atoms with Gasteiger partial charge in [-0.3, -0.25) is 4.79 Å². The van der Waals surface area contributed by atoms with Gasteiger partial charge in [0.25, 0.3) is 5.91 Å². The molecular weight excluding hydrogens is 296 g/mol. The van der Waals surface area contributed by atoms with Gasteiger partial charge >= 0.3 is 5.97 Å². The van der Waals surface area contributed by atoms with Crippen molar-refractivity contribution >= 4 is 22.8 Å². The van der Waals surface area contributed by atoms with Crippen molar-refractivity contribution in [3.63, 3.8) is 0 Å². The van der Waals surface area contributed by atoms with Crippen molar-refractivity contribution < 1.29 is 19.4 Å². The van der Waals surface area contributed by atoms with Gasteiger partial charge in [-0.15, -0.1) is 0 Å². The van der Waals surface area contributed by atoms with E-state index in [9.17, 15) is 9.59 Å². The summed E-state index contributed by atoms with van der Waals surface area (Å²) in [6, 6.07) is 7.92. The average Bonchev–Trinajstić information content (AvgIpc) is 2.88. The molecule has 0 fully saturated rings. The summed E-state index contributed by atoms with van der Waals surface area (Å²) in [7, 11) is 0. The minimum Gasteiger partial charge on any atom is -0.480 e. The van der Waals surface area contributed by atoms with E-state index in [2.05, 4.69) is 43.2 Å². The number of H-pyrrole nitrogens is 1. The quantitative estimate of drug-likeness (QED) is 0.713. The predicted molar refractivity (Wildman–Crippen MR) is 87.8 cm³/mol. The Morgan fingerprint density at radius 2 is 2.00 bits per heavy atom. The molecule has 1 amide bonds. The largest absolute Gasteiger partial charge is 0.480 e. The van der Waals surface area contributed by atoms with Crippen LogP contribution in [0.2, 0.25) is 0 Å². The number of carboxylic acids is 1. The number of amides is 1. The highest BCUT2D eigenvalue weighted by molar-refractivity contribution is 5.98. The topological polar surface area (TPSA) is 91.4 Å². The highest BCUT2D eigenvalue weighted by Gasteiger charge is 2.15. The highest BCUT2D eigenvalue weighted by atomic mass is 16.5. The number of ether oxygens (including phenoxy) is 1. The first-order chi connectivity index (χ1) is 10.8. The summed E-state index contributed by atoms with van der Waals surface area (Å²) in [5.41, 5.74) is 2.64. The highest BCUT2D eigenvalue weighted by Crippen LogP contribution is 2.26. The molecule has 0 saturated carbocycles. The Bertz CT molecular complexity index is 713. The SMILES string of the molecule is CC(C)(C)c1ccc2cc(C(=O)NCCOCC(=O)O)[nH]c2c1. The van der Waals surface area contributed by atoms with Gasteiger partial charge in [0.15, 0.2) is 0 Å². The van der Waals surface area contributed by atoms with Gasteiger partial charge in [-0.25, -0.2) is 4.79 Å². The van der Waals surface area contributed by atoms with Crippen LogP contribution in [0.15, 0.2) is 24.3 Å². The number of aromatic amines is 1. The van der Waals surface area contributed by atoms with Crippen LogP contribution in [-0.4, -0.2) is 41.7 Å². The molecule has 1 heterocycles. The first-order valence-electron chi connectivity index (χ1n) is 7.48. The lowest BCUT2D eigenvalue weighted by Gasteiger charge is -2.18. The average molecular weight is 318 g/mol. The van der Waals surface area contributed by atoms with E-state index in [1.807, 2.05) is 6.07 Å². The zero-order valence-corrected chi connectivity index (χ0v) is 13.6. The standard InChI is InChI=1S/C17H22N2O4/c1-17(2,3)12-5-4-11-8-14(19-13(11)9-12)16(22)18-6-7-23-10-15(20)21/h4-5,8-9,19H,6-7,10H2,1-3H3,(H,18,22)(H,20,21). The number of hydrogen-bond donors (Lipinski definition) is 3. The van der Waals surface area contributed by atoms with Crippen LogP contribution in [0.4, 0.5) is 0 Å². The molecule has 1 aromatic carbocycles. The second kappa shape index (κ2) is 6.83. The molecule has 2 aromatic rings. The van der Waals surface area contributed by atoms with Crippen molar-refractivity contribution in [3.05, 3.63) is 35.5 Å². The number of aliphatic carboxylic acids is 1. The molecule has 2 rings (SSSR count). The van der Waals surface area contributed by atoms with Gasteiger partial charge < -0.3 is 20.1 Å². The van der Waals surface area contributed by atoms with Crippen molar-refractivity contribution in [1.29, 1.82) is 0 Å². The van der Waals surface area contributed by atoms with E-state index >= 15 is 0 Å². The molecule has 23 heavy (non-hydrogen) atoms. The van der Waals surface area contributed by atoms with E-state index in [0.29, 0.717) is 5.69 Å². The van der Waals surface area contributed by atoms with Crippen molar-refractivity contribution in [2.75, 3.05) is 19.8 Å². The van der Waals surface area contributed by atoms with Gasteiger partial charge in [-0.1, -0.05) is 32.9 Å². The second-order valence-electron chi connectivity index (χ2n) is 6.44. The molecule has 1 aromatic heterocycles. The van der Waals surface area contributed by atoms with E-state index in [1.165, 1.54) is 5.56 Å². The predicted octanol–water partition coefficient (Wildman–Crippen LogP) is 2.30. The minimum atomic E-state index is -1.03. The van der Waals surface area contributed by atoms with Gasteiger partial charge in [0.1, 0.15) is 12.3 Å². The van der Waals surface area contributed by atoms with Gasteiger partial charge in [0, 0.05) is 17.4 Å². The minimum absolute atomic E-state index is 0.0448. The lowest BCUT2D eigenvalue weighted by atomic mass is 9.87. The van der Waals surface area contributed by atoms with Crippen LogP contribution >= 0.6 is 0 Å². The summed E-state index contributed by atoms with van der Waals surface area (Å²) in [6.07, 6.45) is 0. The normalized spacial score (nSPS) is 11.6. The molecule has 0 saturated heterocycles. The summed E-state index contributed by atoms with van der Waals surface area (Å²) in [6.45, 7) is 6.48. The molecule has 6 heteroatoms. The van der Waals surface area contributed by atoms with Crippen molar-refractivity contribution in [2.45, 2.75) is 26.2 Å². The number of carboxylic acid groups (broad SMARTS) is 1. The molecule has 0 unspecified atom stereocenters. The van der Waals surface area contributed by atoms with Crippen LogP contribution in [0, 0.1) is 0 Å². The van der Waals surface area contributed by atoms with Crippen LogP contribution in [0.25, 0.3) is 10.9 Å². The zero-order valence-electron chi connectivity index (χ0n) is 13.6. The Balaban J connectivity index is 2.00. The number of benzene rings is 1. The van der Waals surface area contributed by atoms with E-state index in [0.717, 1.165) is 10.9 Å². The molecule has 0 radical (unpaired) electrons. The van der Waals surface area contributed by atoms with Gasteiger partial charge in [0.2, 0.25) is 0 Å². The molecule has 3 N–H and O–H groups in total. The smallest absolute Gasteiger partial charge is 0.329 e. The lowest BCUT2D eigenvalue weighted by molar-refractivity contribution is -0.142. The summed E-state index contributed by atoms with van der Waals surface area (Å²) in [5.74, 6) is -1.26.